The van der Waals surface area contributed by atoms with Crippen molar-refractivity contribution in [2.45, 2.75) is 32.8 Å². The van der Waals surface area contributed by atoms with Crippen molar-refractivity contribution in [3.05, 3.63) is 52.5 Å². The molecule has 0 radical (unpaired) electrons. The predicted molar refractivity (Wildman–Crippen MR) is 114 cm³/mol. The Hall–Kier alpha value is -3.06. The molecule has 160 valence electrons. The van der Waals surface area contributed by atoms with Crippen molar-refractivity contribution in [2.24, 2.45) is 0 Å². The Labute approximate surface area is 180 Å². The number of carbonyl (C=O) groups excluding carboxylic acids is 3. The minimum Gasteiger partial charge on any atom is -0.493 e. The highest BCUT2D eigenvalue weighted by molar-refractivity contribution is 6.32. The minimum atomic E-state index is -1.02. The van der Waals surface area contributed by atoms with E-state index >= 15 is 0 Å². The van der Waals surface area contributed by atoms with Gasteiger partial charge < -0.3 is 19.5 Å². The number of ketones is 1. The monoisotopic (exact) mass is 433 g/mol. The lowest BCUT2D eigenvalue weighted by molar-refractivity contribution is -0.116. The number of Topliss-reactive ketones (excluding diaryl/α,β-unsaturated/α-hetero) is 1. The van der Waals surface area contributed by atoms with Crippen LogP contribution in [0.5, 0.6) is 11.5 Å². The third-order valence-electron chi connectivity index (χ3n) is 4.25. The SMILES string of the molecule is CCCC(=O)Nc1ccc(C(=O)C(C)OC(=O)c2cc(Cl)c(OC)c(OC)c2)cc1. The molecule has 0 saturated heterocycles. The van der Waals surface area contributed by atoms with Gasteiger partial charge in [-0.25, -0.2) is 4.79 Å². The summed E-state index contributed by atoms with van der Waals surface area (Å²) in [6, 6.07) is 9.21. The van der Waals surface area contributed by atoms with Crippen LogP contribution in [0.1, 0.15) is 47.4 Å². The lowest BCUT2D eigenvalue weighted by Crippen LogP contribution is -2.24. The van der Waals surface area contributed by atoms with Crippen molar-refractivity contribution < 1.29 is 28.6 Å². The molecule has 0 aliphatic rings. The maximum absolute atomic E-state index is 12.6. The number of esters is 1. The van der Waals surface area contributed by atoms with Gasteiger partial charge in [0.1, 0.15) is 0 Å². The van der Waals surface area contributed by atoms with Gasteiger partial charge in [0, 0.05) is 17.7 Å². The number of halogens is 1. The van der Waals surface area contributed by atoms with E-state index in [1.54, 1.807) is 24.3 Å². The second-order valence-electron chi connectivity index (χ2n) is 6.48. The Balaban J connectivity index is 2.07. The summed E-state index contributed by atoms with van der Waals surface area (Å²) >= 11 is 6.11. The van der Waals surface area contributed by atoms with Crippen LogP contribution in [0.2, 0.25) is 5.02 Å². The molecular formula is C22H24ClNO6. The van der Waals surface area contributed by atoms with Crippen molar-refractivity contribution in [3.63, 3.8) is 0 Å². The molecule has 0 saturated carbocycles. The first kappa shape index (κ1) is 23.2. The summed E-state index contributed by atoms with van der Waals surface area (Å²) in [7, 11) is 2.85. The summed E-state index contributed by atoms with van der Waals surface area (Å²) < 4.78 is 15.6. The van der Waals surface area contributed by atoms with Crippen LogP contribution in [0.4, 0.5) is 5.69 Å². The first-order valence-electron chi connectivity index (χ1n) is 9.37. The molecule has 2 aromatic rings. The molecule has 1 amide bonds. The Bertz CT molecular complexity index is 926. The molecule has 0 aromatic heterocycles. The maximum Gasteiger partial charge on any atom is 0.339 e. The number of nitrogens with one attached hydrogen (secondary N) is 1. The molecule has 0 heterocycles. The molecular weight excluding hydrogens is 410 g/mol. The zero-order chi connectivity index (χ0) is 22.3. The van der Waals surface area contributed by atoms with Crippen LogP contribution >= 0.6 is 11.6 Å². The zero-order valence-corrected chi connectivity index (χ0v) is 18.0. The van der Waals surface area contributed by atoms with Gasteiger partial charge in [0.25, 0.3) is 0 Å². The van der Waals surface area contributed by atoms with Crippen molar-refractivity contribution >= 4 is 34.9 Å². The van der Waals surface area contributed by atoms with Gasteiger partial charge in [-0.1, -0.05) is 18.5 Å². The summed E-state index contributed by atoms with van der Waals surface area (Å²) in [5, 5.41) is 2.93. The van der Waals surface area contributed by atoms with E-state index in [0.29, 0.717) is 23.4 Å². The molecule has 1 N–H and O–H groups in total. The van der Waals surface area contributed by atoms with E-state index < -0.39 is 12.1 Å². The fourth-order valence-electron chi connectivity index (χ4n) is 2.72. The number of benzene rings is 2. The molecule has 1 unspecified atom stereocenters. The van der Waals surface area contributed by atoms with Crippen LogP contribution in [0.15, 0.2) is 36.4 Å². The normalized spacial score (nSPS) is 11.4. The van der Waals surface area contributed by atoms with Crippen LogP contribution in [0.25, 0.3) is 0 Å². The van der Waals surface area contributed by atoms with E-state index in [-0.39, 0.29) is 28.0 Å². The van der Waals surface area contributed by atoms with Gasteiger partial charge in [-0.15, -0.1) is 0 Å². The van der Waals surface area contributed by atoms with Gasteiger partial charge in [0.2, 0.25) is 11.7 Å². The van der Waals surface area contributed by atoms with Gasteiger partial charge >= 0.3 is 5.97 Å². The first-order valence-corrected chi connectivity index (χ1v) is 9.75. The molecule has 2 rings (SSSR count). The molecule has 1 atom stereocenters. The lowest BCUT2D eigenvalue weighted by Gasteiger charge is -2.15. The van der Waals surface area contributed by atoms with Crippen molar-refractivity contribution in [2.75, 3.05) is 19.5 Å². The summed E-state index contributed by atoms with van der Waals surface area (Å²) in [6.07, 6.45) is 0.148. The van der Waals surface area contributed by atoms with E-state index in [9.17, 15) is 14.4 Å². The molecule has 2 aromatic carbocycles. The van der Waals surface area contributed by atoms with Crippen molar-refractivity contribution in [1.82, 2.24) is 0 Å². The van der Waals surface area contributed by atoms with E-state index in [2.05, 4.69) is 5.32 Å². The fraction of sp³-hybridized carbons (Fsp3) is 0.318. The van der Waals surface area contributed by atoms with Crippen molar-refractivity contribution in [1.29, 1.82) is 0 Å². The second kappa shape index (κ2) is 10.6. The average Bonchev–Trinajstić information content (AvgIpc) is 2.73. The molecule has 0 spiro atoms. The molecule has 0 aliphatic carbocycles. The van der Waals surface area contributed by atoms with E-state index in [1.165, 1.54) is 33.3 Å². The van der Waals surface area contributed by atoms with Gasteiger partial charge in [0.15, 0.2) is 17.6 Å². The van der Waals surface area contributed by atoms with Crippen LogP contribution in [-0.4, -0.2) is 38.0 Å². The summed E-state index contributed by atoms with van der Waals surface area (Å²) in [6.45, 7) is 3.40. The zero-order valence-electron chi connectivity index (χ0n) is 17.3. The Kier molecular flexibility index (Phi) is 8.24. The average molecular weight is 434 g/mol. The number of hydrogen-bond donors (Lipinski definition) is 1. The maximum atomic E-state index is 12.6. The van der Waals surface area contributed by atoms with E-state index in [0.717, 1.165) is 6.42 Å². The Morgan fingerprint density at radius 3 is 2.27 bits per heavy atom. The summed E-state index contributed by atoms with van der Waals surface area (Å²) in [4.78, 5) is 36.7. The number of ether oxygens (including phenoxy) is 3. The predicted octanol–water partition coefficient (Wildman–Crippen LogP) is 4.52. The number of anilines is 1. The smallest absolute Gasteiger partial charge is 0.339 e. The minimum absolute atomic E-state index is 0.0903. The fourth-order valence-corrected chi connectivity index (χ4v) is 3.01. The molecule has 8 heteroatoms. The summed E-state index contributed by atoms with van der Waals surface area (Å²) in [5.41, 5.74) is 1.08. The third kappa shape index (κ3) is 5.73. The van der Waals surface area contributed by atoms with E-state index in [1.807, 2.05) is 6.92 Å². The van der Waals surface area contributed by atoms with Crippen LogP contribution < -0.4 is 14.8 Å². The van der Waals surface area contributed by atoms with Gasteiger partial charge in [0.05, 0.1) is 24.8 Å². The van der Waals surface area contributed by atoms with Gasteiger partial charge in [-0.05, 0) is 49.7 Å². The lowest BCUT2D eigenvalue weighted by atomic mass is 10.1. The van der Waals surface area contributed by atoms with Gasteiger partial charge in [-0.2, -0.15) is 0 Å². The number of amides is 1. The van der Waals surface area contributed by atoms with E-state index in [4.69, 9.17) is 25.8 Å². The van der Waals surface area contributed by atoms with Gasteiger partial charge in [-0.3, -0.25) is 9.59 Å². The Morgan fingerprint density at radius 2 is 1.70 bits per heavy atom. The molecule has 7 nitrogen and oxygen atoms in total. The second-order valence-corrected chi connectivity index (χ2v) is 6.89. The highest BCUT2D eigenvalue weighted by atomic mass is 35.5. The summed E-state index contributed by atoms with van der Waals surface area (Å²) in [5.74, 6) is -0.612. The molecule has 30 heavy (non-hydrogen) atoms. The topological polar surface area (TPSA) is 90.9 Å². The highest BCUT2D eigenvalue weighted by Crippen LogP contribution is 2.36. The molecule has 0 bridgehead atoms. The van der Waals surface area contributed by atoms with Crippen LogP contribution in [-0.2, 0) is 9.53 Å². The number of rotatable bonds is 9. The van der Waals surface area contributed by atoms with Crippen LogP contribution in [0.3, 0.4) is 0 Å². The standard InChI is InChI=1S/C22H24ClNO6/c1-5-6-19(25)24-16-9-7-14(8-10-16)20(26)13(2)30-22(27)15-11-17(23)21(29-4)18(12-15)28-3/h7-13H,5-6H2,1-4H3,(H,24,25). The number of carbonyl (C=O) groups is 3. The largest absolute Gasteiger partial charge is 0.493 e. The first-order chi connectivity index (χ1) is 14.3. The molecule has 0 aliphatic heterocycles. The third-order valence-corrected chi connectivity index (χ3v) is 4.53. The van der Waals surface area contributed by atoms with Crippen molar-refractivity contribution in [3.8, 4) is 11.5 Å². The Morgan fingerprint density at radius 1 is 1.03 bits per heavy atom. The highest BCUT2D eigenvalue weighted by Gasteiger charge is 2.22. The number of methoxy groups -OCH3 is 2. The number of hydrogen-bond acceptors (Lipinski definition) is 6. The quantitative estimate of drug-likeness (QED) is 0.461. The molecule has 0 fully saturated rings. The van der Waals surface area contributed by atoms with Crippen LogP contribution in [0, 0.1) is 0 Å².